The van der Waals surface area contributed by atoms with Crippen molar-refractivity contribution in [2.24, 2.45) is 0 Å². The van der Waals surface area contributed by atoms with E-state index in [1.165, 1.54) is 16.7 Å². The van der Waals surface area contributed by atoms with Gasteiger partial charge in [0.05, 0.1) is 5.92 Å². The molecule has 0 spiro atoms. The molecule has 1 amide bonds. The second kappa shape index (κ2) is 3.45. The van der Waals surface area contributed by atoms with Crippen LogP contribution in [-0.2, 0) is 11.2 Å². The van der Waals surface area contributed by atoms with Crippen LogP contribution in [0.4, 0.5) is 5.69 Å². The van der Waals surface area contributed by atoms with Crippen LogP contribution in [-0.4, -0.2) is 5.91 Å². The molecule has 0 saturated carbocycles. The van der Waals surface area contributed by atoms with Gasteiger partial charge < -0.3 is 5.32 Å². The highest BCUT2D eigenvalue weighted by molar-refractivity contribution is 6.00. The van der Waals surface area contributed by atoms with E-state index in [4.69, 9.17) is 0 Å². The number of anilines is 1. The minimum absolute atomic E-state index is 0.00361. The van der Waals surface area contributed by atoms with E-state index in [1.807, 2.05) is 18.2 Å². The number of carbonyl (C=O) groups excluding carboxylic acids is 1. The average Bonchev–Trinajstić information content (AvgIpc) is 2.79. The molecule has 0 unspecified atom stereocenters. The van der Waals surface area contributed by atoms with Gasteiger partial charge in [-0.1, -0.05) is 42.5 Å². The highest BCUT2D eigenvalue weighted by atomic mass is 16.2. The van der Waals surface area contributed by atoms with Crippen LogP contribution in [0.1, 0.15) is 28.5 Å². The van der Waals surface area contributed by atoms with E-state index >= 15 is 0 Å². The predicted octanol–water partition coefficient (Wildman–Crippen LogP) is 3.06. The Morgan fingerprint density at radius 2 is 1.67 bits per heavy atom. The number of amides is 1. The molecule has 2 aromatic rings. The second-order valence-corrected chi connectivity index (χ2v) is 5.06. The van der Waals surface area contributed by atoms with E-state index in [-0.39, 0.29) is 11.8 Å². The highest BCUT2D eigenvalue weighted by Crippen LogP contribution is 2.48. The minimum atomic E-state index is -0.00361. The lowest BCUT2D eigenvalue weighted by atomic mass is 9.82. The van der Waals surface area contributed by atoms with Crippen LogP contribution in [0.25, 0.3) is 0 Å². The molecule has 1 aliphatic heterocycles. The van der Waals surface area contributed by atoms with Crippen molar-refractivity contribution in [3.8, 4) is 0 Å². The van der Waals surface area contributed by atoms with E-state index in [0.717, 1.165) is 12.1 Å². The molecule has 0 radical (unpaired) electrons. The Labute approximate surface area is 106 Å². The summed E-state index contributed by atoms with van der Waals surface area (Å²) in [6, 6.07) is 16.5. The Balaban J connectivity index is 1.91. The van der Waals surface area contributed by atoms with Crippen LogP contribution in [0, 0.1) is 0 Å². The van der Waals surface area contributed by atoms with Gasteiger partial charge in [-0.05, 0) is 29.2 Å². The van der Waals surface area contributed by atoms with Gasteiger partial charge in [0.15, 0.2) is 0 Å². The first kappa shape index (κ1) is 9.89. The van der Waals surface area contributed by atoms with E-state index in [2.05, 4.69) is 35.6 Å². The van der Waals surface area contributed by atoms with Crippen LogP contribution in [0.3, 0.4) is 0 Å². The van der Waals surface area contributed by atoms with Gasteiger partial charge in [0.1, 0.15) is 0 Å². The third-order valence-corrected chi connectivity index (χ3v) is 4.13. The number of carbonyl (C=O) groups is 1. The number of rotatable bonds is 0. The summed E-state index contributed by atoms with van der Waals surface area (Å²) < 4.78 is 0. The van der Waals surface area contributed by atoms with Gasteiger partial charge in [0.2, 0.25) is 5.91 Å². The summed E-state index contributed by atoms with van der Waals surface area (Å²) in [5.41, 5.74) is 4.78. The molecule has 0 saturated heterocycles. The molecule has 2 atom stereocenters. The van der Waals surface area contributed by atoms with Crippen molar-refractivity contribution in [3.05, 3.63) is 65.2 Å². The predicted molar refractivity (Wildman–Crippen MR) is 70.7 cm³/mol. The Bertz CT molecular complexity index is 647. The quantitative estimate of drug-likeness (QED) is 0.747. The van der Waals surface area contributed by atoms with Gasteiger partial charge in [-0.15, -0.1) is 0 Å². The maximum Gasteiger partial charge on any atom is 0.232 e. The van der Waals surface area contributed by atoms with Crippen molar-refractivity contribution in [2.75, 3.05) is 5.32 Å². The number of para-hydroxylation sites is 1. The third-order valence-electron chi connectivity index (χ3n) is 4.13. The van der Waals surface area contributed by atoms with Crippen LogP contribution in [0.2, 0.25) is 0 Å². The number of fused-ring (bicyclic) bond motifs is 5. The molecule has 1 heterocycles. The van der Waals surface area contributed by atoms with Crippen molar-refractivity contribution >= 4 is 11.6 Å². The Morgan fingerprint density at radius 3 is 2.56 bits per heavy atom. The maximum atomic E-state index is 12.3. The molecular formula is C16H13NO. The summed E-state index contributed by atoms with van der Waals surface area (Å²) >= 11 is 0. The van der Waals surface area contributed by atoms with Gasteiger partial charge in [-0.25, -0.2) is 0 Å². The fourth-order valence-corrected chi connectivity index (χ4v) is 3.35. The first-order valence-electron chi connectivity index (χ1n) is 6.32. The summed E-state index contributed by atoms with van der Waals surface area (Å²) in [4.78, 5) is 12.3. The molecule has 0 fully saturated rings. The lowest BCUT2D eigenvalue weighted by Gasteiger charge is -2.28. The van der Waals surface area contributed by atoms with E-state index in [9.17, 15) is 4.79 Å². The third kappa shape index (κ3) is 1.20. The molecule has 2 heteroatoms. The van der Waals surface area contributed by atoms with Crippen LogP contribution >= 0.6 is 0 Å². The number of benzene rings is 2. The van der Waals surface area contributed by atoms with Gasteiger partial charge in [0.25, 0.3) is 0 Å². The largest absolute Gasteiger partial charge is 0.325 e. The lowest BCUT2D eigenvalue weighted by Crippen LogP contribution is -2.29. The Morgan fingerprint density at radius 1 is 0.944 bits per heavy atom. The van der Waals surface area contributed by atoms with Crippen LogP contribution in [0.15, 0.2) is 48.5 Å². The fraction of sp³-hybridized carbons (Fsp3) is 0.188. The average molecular weight is 235 g/mol. The van der Waals surface area contributed by atoms with Gasteiger partial charge in [-0.3, -0.25) is 4.79 Å². The molecule has 1 N–H and O–H groups in total. The molecule has 18 heavy (non-hydrogen) atoms. The molecular weight excluding hydrogens is 222 g/mol. The SMILES string of the molecule is O=C1Nc2ccccc2[C@H]2Cc3ccccc3[C@@H]12. The maximum absolute atomic E-state index is 12.3. The number of hydrogen-bond donors (Lipinski definition) is 1. The zero-order valence-electron chi connectivity index (χ0n) is 9.89. The topological polar surface area (TPSA) is 29.1 Å². The van der Waals surface area contributed by atoms with Gasteiger partial charge in [0, 0.05) is 11.6 Å². The molecule has 0 bridgehead atoms. The molecule has 88 valence electrons. The lowest BCUT2D eigenvalue weighted by molar-refractivity contribution is -0.118. The fourth-order valence-electron chi connectivity index (χ4n) is 3.35. The van der Waals surface area contributed by atoms with E-state index in [1.54, 1.807) is 0 Å². The van der Waals surface area contributed by atoms with Crippen molar-refractivity contribution in [2.45, 2.75) is 18.3 Å². The molecule has 2 nitrogen and oxygen atoms in total. The van der Waals surface area contributed by atoms with Crippen LogP contribution in [0.5, 0.6) is 0 Å². The number of hydrogen-bond acceptors (Lipinski definition) is 1. The first-order chi connectivity index (χ1) is 8.84. The zero-order chi connectivity index (χ0) is 12.1. The summed E-state index contributed by atoms with van der Waals surface area (Å²) in [7, 11) is 0. The van der Waals surface area contributed by atoms with E-state index < -0.39 is 0 Å². The number of nitrogens with one attached hydrogen (secondary N) is 1. The normalized spacial score (nSPS) is 23.9. The van der Waals surface area contributed by atoms with Crippen LogP contribution < -0.4 is 5.32 Å². The molecule has 2 aliphatic rings. The van der Waals surface area contributed by atoms with Crippen molar-refractivity contribution in [1.82, 2.24) is 0 Å². The zero-order valence-corrected chi connectivity index (χ0v) is 9.89. The van der Waals surface area contributed by atoms with Gasteiger partial charge >= 0.3 is 0 Å². The Kier molecular flexibility index (Phi) is 1.90. The minimum Gasteiger partial charge on any atom is -0.325 e. The Hall–Kier alpha value is -2.09. The summed E-state index contributed by atoms with van der Waals surface area (Å²) in [6.45, 7) is 0. The van der Waals surface area contributed by atoms with Crippen molar-refractivity contribution < 1.29 is 4.79 Å². The monoisotopic (exact) mass is 235 g/mol. The highest BCUT2D eigenvalue weighted by Gasteiger charge is 2.42. The molecule has 0 aromatic heterocycles. The first-order valence-corrected chi connectivity index (χ1v) is 6.32. The molecule has 2 aromatic carbocycles. The second-order valence-electron chi connectivity index (χ2n) is 5.06. The molecule has 1 aliphatic carbocycles. The van der Waals surface area contributed by atoms with Crippen molar-refractivity contribution in [3.63, 3.8) is 0 Å². The summed E-state index contributed by atoms with van der Waals surface area (Å²) in [5.74, 6) is 0.451. The smallest absolute Gasteiger partial charge is 0.232 e. The van der Waals surface area contributed by atoms with Gasteiger partial charge in [-0.2, -0.15) is 0 Å². The van der Waals surface area contributed by atoms with Crippen molar-refractivity contribution in [1.29, 1.82) is 0 Å². The molecule has 4 rings (SSSR count). The van der Waals surface area contributed by atoms with E-state index in [0.29, 0.717) is 5.92 Å². The summed E-state index contributed by atoms with van der Waals surface area (Å²) in [5, 5.41) is 3.03. The standard InChI is InChI=1S/C16H13NO/c18-16-15-11-6-2-1-5-10(11)9-13(15)12-7-3-4-8-14(12)17-16/h1-8,13,15H,9H2,(H,17,18)/t13-,15-/m1/s1. The summed E-state index contributed by atoms with van der Waals surface area (Å²) in [6.07, 6.45) is 0.977.